The summed E-state index contributed by atoms with van der Waals surface area (Å²) >= 11 is 6.24. The molecule has 0 bridgehead atoms. The minimum absolute atomic E-state index is 0.0723. The number of carbonyl (C=O) groups excluding carboxylic acids is 1. The molecule has 0 spiro atoms. The SMILES string of the molecule is C[C@H](N)CCCc1cc(Cl)c(F)c(C2=CC3=CN(c4ccc([C@H](C)NCCCN=C(N)N)cc4)C(=O)NC3N2)c1. The number of hydrogen-bond acceptors (Lipinski definition) is 5. The van der Waals surface area contributed by atoms with Crippen molar-refractivity contribution >= 4 is 35.0 Å². The van der Waals surface area contributed by atoms with E-state index in [9.17, 15) is 4.79 Å². The second kappa shape index (κ2) is 13.2. The Balaban J connectivity index is 1.46. The maximum Gasteiger partial charge on any atom is 0.327 e. The molecule has 2 aliphatic rings. The van der Waals surface area contributed by atoms with Crippen molar-refractivity contribution in [2.75, 3.05) is 18.0 Å². The number of aryl methyl sites for hydroxylation is 1. The Bertz CT molecular complexity index is 1300. The third-order valence-electron chi connectivity index (χ3n) is 6.96. The molecule has 4 rings (SSSR count). The number of hydrogen-bond donors (Lipinski definition) is 6. The molecule has 2 aliphatic heterocycles. The van der Waals surface area contributed by atoms with Crippen molar-refractivity contribution in [3.63, 3.8) is 0 Å². The highest BCUT2D eigenvalue weighted by molar-refractivity contribution is 6.31. The normalized spacial score (nSPS) is 17.8. The minimum atomic E-state index is -0.492. The third-order valence-corrected chi connectivity index (χ3v) is 7.24. The van der Waals surface area contributed by atoms with E-state index in [0.717, 1.165) is 54.6 Å². The monoisotopic (exact) mass is 568 g/mol. The molecule has 0 fully saturated rings. The summed E-state index contributed by atoms with van der Waals surface area (Å²) in [4.78, 5) is 18.5. The van der Waals surface area contributed by atoms with Crippen LogP contribution in [-0.4, -0.2) is 37.3 Å². The number of nitrogens with one attached hydrogen (secondary N) is 3. The molecule has 9 N–H and O–H groups in total. The number of halogens is 2. The lowest BCUT2D eigenvalue weighted by atomic mass is 10.0. The average Bonchev–Trinajstić information content (AvgIpc) is 3.32. The lowest BCUT2D eigenvalue weighted by molar-refractivity contribution is 0.244. The molecule has 0 aromatic heterocycles. The molecule has 0 radical (unpaired) electrons. The molecule has 214 valence electrons. The molecular formula is C29H38ClFN8O. The highest BCUT2D eigenvalue weighted by Gasteiger charge is 2.32. The molecule has 0 aliphatic carbocycles. The van der Waals surface area contributed by atoms with Crippen LogP contribution in [0.3, 0.4) is 0 Å². The van der Waals surface area contributed by atoms with E-state index in [4.69, 9.17) is 28.8 Å². The zero-order chi connectivity index (χ0) is 28.8. The molecule has 11 heteroatoms. The van der Waals surface area contributed by atoms with Crippen LogP contribution in [-0.2, 0) is 6.42 Å². The van der Waals surface area contributed by atoms with Gasteiger partial charge in [0, 0.05) is 41.7 Å². The maximum atomic E-state index is 15.1. The average molecular weight is 569 g/mol. The Morgan fingerprint density at radius 3 is 2.62 bits per heavy atom. The van der Waals surface area contributed by atoms with Gasteiger partial charge in [-0.1, -0.05) is 23.7 Å². The number of nitrogens with zero attached hydrogens (tertiary/aromatic N) is 2. The summed E-state index contributed by atoms with van der Waals surface area (Å²) in [6.07, 6.45) is 6.49. The van der Waals surface area contributed by atoms with E-state index in [-0.39, 0.29) is 29.1 Å². The van der Waals surface area contributed by atoms with Crippen molar-refractivity contribution in [3.05, 3.63) is 81.8 Å². The largest absolute Gasteiger partial charge is 0.370 e. The Morgan fingerprint density at radius 1 is 1.18 bits per heavy atom. The molecule has 3 atom stereocenters. The van der Waals surface area contributed by atoms with Gasteiger partial charge in [0.2, 0.25) is 0 Å². The van der Waals surface area contributed by atoms with Crippen molar-refractivity contribution in [2.24, 2.45) is 22.2 Å². The summed E-state index contributed by atoms with van der Waals surface area (Å²) in [6.45, 7) is 5.39. The van der Waals surface area contributed by atoms with E-state index in [2.05, 4.69) is 27.9 Å². The van der Waals surface area contributed by atoms with E-state index < -0.39 is 12.0 Å². The molecule has 2 heterocycles. The Labute approximate surface area is 239 Å². The molecule has 0 saturated carbocycles. The first kappa shape index (κ1) is 29.4. The molecule has 1 unspecified atom stereocenters. The summed E-state index contributed by atoms with van der Waals surface area (Å²) < 4.78 is 15.1. The van der Waals surface area contributed by atoms with Crippen molar-refractivity contribution in [3.8, 4) is 0 Å². The fourth-order valence-corrected chi connectivity index (χ4v) is 5.01. The second-order valence-corrected chi connectivity index (χ2v) is 10.7. The van der Waals surface area contributed by atoms with Crippen molar-refractivity contribution < 1.29 is 9.18 Å². The number of rotatable bonds is 12. The molecule has 40 heavy (non-hydrogen) atoms. The molecule has 9 nitrogen and oxygen atoms in total. The van der Waals surface area contributed by atoms with Gasteiger partial charge in [0.05, 0.1) is 10.7 Å². The van der Waals surface area contributed by atoms with Crippen molar-refractivity contribution in [1.29, 1.82) is 0 Å². The lowest BCUT2D eigenvalue weighted by Crippen LogP contribution is -2.51. The number of guanidine groups is 1. The first-order valence-corrected chi connectivity index (χ1v) is 13.9. The van der Waals surface area contributed by atoms with Crippen LogP contribution in [0.1, 0.15) is 55.8 Å². The van der Waals surface area contributed by atoms with Crippen LogP contribution in [0.2, 0.25) is 5.02 Å². The Hall–Kier alpha value is -3.60. The van der Waals surface area contributed by atoms with Crippen molar-refractivity contribution in [1.82, 2.24) is 16.0 Å². The van der Waals surface area contributed by atoms with Crippen LogP contribution in [0.15, 0.2) is 59.2 Å². The second-order valence-electron chi connectivity index (χ2n) is 10.3. The van der Waals surface area contributed by atoms with E-state index in [1.165, 1.54) is 0 Å². The van der Waals surface area contributed by atoms with E-state index in [1.54, 1.807) is 17.2 Å². The molecule has 2 aromatic rings. The minimum Gasteiger partial charge on any atom is -0.370 e. The fourth-order valence-electron chi connectivity index (χ4n) is 4.77. The summed E-state index contributed by atoms with van der Waals surface area (Å²) in [7, 11) is 0. The van der Waals surface area contributed by atoms with Gasteiger partial charge in [-0.25, -0.2) is 9.18 Å². The van der Waals surface area contributed by atoms with Gasteiger partial charge in [-0.05, 0) is 87.5 Å². The van der Waals surface area contributed by atoms with Gasteiger partial charge in [0.15, 0.2) is 11.8 Å². The van der Waals surface area contributed by atoms with Gasteiger partial charge in [0.25, 0.3) is 0 Å². The number of amides is 2. The lowest BCUT2D eigenvalue weighted by Gasteiger charge is -2.29. The zero-order valence-corrected chi connectivity index (χ0v) is 23.6. The zero-order valence-electron chi connectivity index (χ0n) is 22.9. The van der Waals surface area contributed by atoms with E-state index in [0.29, 0.717) is 17.8 Å². The standard InChI is InChI=1S/C29H38ClFN8O/c1-17(32)5-3-6-19-13-23(26(31)24(30)14-19)25-15-21-16-39(29(40)38-27(21)37-25)22-9-7-20(8-10-22)18(2)35-11-4-12-36-28(33)34/h7-10,13-18,27,35,37H,3-6,11-12,32H2,1-2H3,(H,38,40)(H4,33,34,36)/t17-,18-,27?/m0/s1. The van der Waals surface area contributed by atoms with E-state index in [1.807, 2.05) is 43.3 Å². The predicted octanol–water partition coefficient (Wildman–Crippen LogP) is 3.85. The maximum absolute atomic E-state index is 15.1. The number of anilines is 1. The smallest absolute Gasteiger partial charge is 0.327 e. The van der Waals surface area contributed by atoms with Crippen LogP contribution in [0.4, 0.5) is 14.9 Å². The topological polar surface area (TPSA) is 147 Å². The van der Waals surface area contributed by atoms with Gasteiger partial charge in [0.1, 0.15) is 6.17 Å². The van der Waals surface area contributed by atoms with Gasteiger partial charge in [-0.2, -0.15) is 0 Å². The molecule has 2 amide bonds. The highest BCUT2D eigenvalue weighted by Crippen LogP contribution is 2.32. The predicted molar refractivity (Wildman–Crippen MR) is 160 cm³/mol. The van der Waals surface area contributed by atoms with Crippen LogP contribution in [0.25, 0.3) is 5.70 Å². The number of nitrogens with two attached hydrogens (primary N) is 3. The molecule has 0 saturated heterocycles. The first-order valence-electron chi connectivity index (χ1n) is 13.5. The van der Waals surface area contributed by atoms with Crippen molar-refractivity contribution in [2.45, 2.75) is 57.8 Å². The summed E-state index contributed by atoms with van der Waals surface area (Å²) in [5.41, 5.74) is 21.1. The number of fused-ring (bicyclic) bond motifs is 1. The fraction of sp³-hybridized carbons (Fsp3) is 0.379. The van der Waals surface area contributed by atoms with Crippen LogP contribution < -0.4 is 38.1 Å². The highest BCUT2D eigenvalue weighted by atomic mass is 35.5. The van der Waals surface area contributed by atoms with Gasteiger partial charge < -0.3 is 33.2 Å². The third kappa shape index (κ3) is 7.32. The number of carbonyl (C=O) groups is 1. The quantitative estimate of drug-likeness (QED) is 0.130. The Morgan fingerprint density at radius 2 is 1.93 bits per heavy atom. The molecule has 2 aromatic carbocycles. The van der Waals surface area contributed by atoms with E-state index >= 15 is 4.39 Å². The summed E-state index contributed by atoms with van der Waals surface area (Å²) in [5, 5.41) is 9.69. The summed E-state index contributed by atoms with van der Waals surface area (Å²) in [5.74, 6) is -0.394. The Kier molecular flexibility index (Phi) is 9.67. The van der Waals surface area contributed by atoms with Gasteiger partial charge in [-0.15, -0.1) is 0 Å². The van der Waals surface area contributed by atoms with Crippen LogP contribution in [0.5, 0.6) is 0 Å². The number of urea groups is 1. The van der Waals surface area contributed by atoms with Crippen LogP contribution >= 0.6 is 11.6 Å². The number of aliphatic imine (C=N–C) groups is 1. The van der Waals surface area contributed by atoms with Gasteiger partial charge >= 0.3 is 6.03 Å². The first-order chi connectivity index (χ1) is 19.1. The van der Waals surface area contributed by atoms with Gasteiger partial charge in [-0.3, -0.25) is 9.89 Å². The van der Waals surface area contributed by atoms with Crippen LogP contribution in [0, 0.1) is 5.82 Å². The number of benzene rings is 2. The molecular weight excluding hydrogens is 531 g/mol. The summed E-state index contributed by atoms with van der Waals surface area (Å²) in [6, 6.07) is 11.2.